The van der Waals surface area contributed by atoms with E-state index < -0.39 is 22.5 Å². The Morgan fingerprint density at radius 2 is 1.87 bits per heavy atom. The van der Waals surface area contributed by atoms with Crippen molar-refractivity contribution >= 4 is 33.2 Å². The third kappa shape index (κ3) is 4.69. The van der Waals surface area contributed by atoms with E-state index in [4.69, 9.17) is 16.3 Å². The van der Waals surface area contributed by atoms with Crippen LogP contribution in [0.1, 0.15) is 0 Å². The molecule has 2 aromatic rings. The summed E-state index contributed by atoms with van der Waals surface area (Å²) in [6.07, 6.45) is 0. The van der Waals surface area contributed by atoms with E-state index in [1.807, 2.05) is 6.07 Å². The number of nitrogens with one attached hydrogen (secondary N) is 2. The molecule has 0 aromatic heterocycles. The van der Waals surface area contributed by atoms with Gasteiger partial charge >= 0.3 is 0 Å². The number of rotatable bonds is 6. The molecular formula is C15H15ClN2O4S. The van der Waals surface area contributed by atoms with E-state index in [0.29, 0.717) is 5.69 Å². The van der Waals surface area contributed by atoms with Gasteiger partial charge in [0.2, 0.25) is 15.9 Å². The molecule has 0 unspecified atom stereocenters. The van der Waals surface area contributed by atoms with Gasteiger partial charge in [0.05, 0.1) is 13.7 Å². The minimum atomic E-state index is -3.93. The second-order valence-electron chi connectivity index (χ2n) is 4.53. The fourth-order valence-electron chi connectivity index (χ4n) is 1.83. The smallest absolute Gasteiger partial charge is 0.244 e. The molecule has 0 saturated heterocycles. The second-order valence-corrected chi connectivity index (χ2v) is 6.71. The van der Waals surface area contributed by atoms with Gasteiger partial charge in [-0.1, -0.05) is 29.8 Å². The van der Waals surface area contributed by atoms with E-state index in [1.165, 1.54) is 25.3 Å². The van der Waals surface area contributed by atoms with E-state index in [9.17, 15) is 13.2 Å². The minimum absolute atomic E-state index is 0.125. The van der Waals surface area contributed by atoms with Gasteiger partial charge < -0.3 is 10.1 Å². The lowest BCUT2D eigenvalue weighted by molar-refractivity contribution is -0.115. The van der Waals surface area contributed by atoms with Gasteiger partial charge in [-0.3, -0.25) is 4.79 Å². The Morgan fingerprint density at radius 3 is 2.52 bits per heavy atom. The van der Waals surface area contributed by atoms with Crippen molar-refractivity contribution in [1.82, 2.24) is 4.72 Å². The average molecular weight is 355 g/mol. The molecule has 0 aliphatic rings. The van der Waals surface area contributed by atoms with E-state index in [1.54, 1.807) is 24.3 Å². The third-order valence-electron chi connectivity index (χ3n) is 2.90. The largest absolute Gasteiger partial charge is 0.495 e. The molecule has 0 spiro atoms. The number of anilines is 1. The number of methoxy groups -OCH3 is 1. The van der Waals surface area contributed by atoms with Crippen molar-refractivity contribution in [3.63, 3.8) is 0 Å². The van der Waals surface area contributed by atoms with Crippen LogP contribution in [0.3, 0.4) is 0 Å². The van der Waals surface area contributed by atoms with Crippen molar-refractivity contribution in [2.45, 2.75) is 4.90 Å². The maximum atomic E-state index is 12.3. The van der Waals surface area contributed by atoms with Crippen LogP contribution in [0, 0.1) is 0 Å². The Balaban J connectivity index is 2.07. The zero-order valence-electron chi connectivity index (χ0n) is 12.2. The number of carbonyl (C=O) groups is 1. The van der Waals surface area contributed by atoms with Crippen LogP contribution in [0.4, 0.5) is 5.69 Å². The van der Waals surface area contributed by atoms with Crippen LogP contribution in [0.25, 0.3) is 0 Å². The Hall–Kier alpha value is -2.09. The van der Waals surface area contributed by atoms with E-state index in [0.717, 1.165) is 0 Å². The zero-order valence-corrected chi connectivity index (χ0v) is 13.8. The van der Waals surface area contributed by atoms with Crippen molar-refractivity contribution in [1.29, 1.82) is 0 Å². The summed E-state index contributed by atoms with van der Waals surface area (Å²) in [4.78, 5) is 11.7. The lowest BCUT2D eigenvalue weighted by atomic mass is 10.3. The molecule has 0 bridgehead atoms. The molecule has 0 aliphatic carbocycles. The van der Waals surface area contributed by atoms with Gasteiger partial charge in [0, 0.05) is 10.7 Å². The maximum Gasteiger partial charge on any atom is 0.244 e. The molecule has 8 heteroatoms. The number of sulfonamides is 1. The molecule has 2 N–H and O–H groups in total. The average Bonchev–Trinajstić information content (AvgIpc) is 2.54. The van der Waals surface area contributed by atoms with Crippen LogP contribution < -0.4 is 14.8 Å². The topological polar surface area (TPSA) is 84.5 Å². The highest BCUT2D eigenvalue weighted by Crippen LogP contribution is 2.26. The third-order valence-corrected chi connectivity index (χ3v) is 4.55. The Labute approximate surface area is 139 Å². The number of benzene rings is 2. The van der Waals surface area contributed by atoms with Gasteiger partial charge in [0.15, 0.2) is 0 Å². The summed E-state index contributed by atoms with van der Waals surface area (Å²) in [5, 5.41) is 2.83. The summed E-state index contributed by atoms with van der Waals surface area (Å²) < 4.78 is 31.8. The molecule has 23 heavy (non-hydrogen) atoms. The van der Waals surface area contributed by atoms with E-state index in [2.05, 4.69) is 10.0 Å². The number of carbonyl (C=O) groups excluding carboxylic acids is 1. The second kappa shape index (κ2) is 7.45. The number of amides is 1. The molecular weight excluding hydrogens is 340 g/mol. The Kier molecular flexibility index (Phi) is 5.59. The van der Waals surface area contributed by atoms with Gasteiger partial charge in [-0.2, -0.15) is 0 Å². The first kappa shape index (κ1) is 17.3. The lowest BCUT2D eigenvalue weighted by Gasteiger charge is -2.11. The first-order valence-corrected chi connectivity index (χ1v) is 8.46. The monoisotopic (exact) mass is 354 g/mol. The molecule has 0 saturated carbocycles. The van der Waals surface area contributed by atoms with Crippen molar-refractivity contribution < 1.29 is 17.9 Å². The Bertz CT molecular complexity index is 794. The predicted molar refractivity (Wildman–Crippen MR) is 88.3 cm³/mol. The van der Waals surface area contributed by atoms with Crippen molar-refractivity contribution in [2.24, 2.45) is 0 Å². The number of hydrogen-bond donors (Lipinski definition) is 2. The SMILES string of the molecule is COc1ccc(Cl)cc1S(=O)(=O)NCC(=O)Nc1ccccc1. The lowest BCUT2D eigenvalue weighted by Crippen LogP contribution is -2.33. The summed E-state index contributed by atoms with van der Waals surface area (Å²) in [6.45, 7) is -0.410. The van der Waals surface area contributed by atoms with Crippen LogP contribution in [0.2, 0.25) is 5.02 Å². The standard InChI is InChI=1S/C15H15ClN2O4S/c1-22-13-8-7-11(16)9-14(13)23(20,21)17-10-15(19)18-12-5-3-2-4-6-12/h2-9,17H,10H2,1H3,(H,18,19). The van der Waals surface area contributed by atoms with Gasteiger partial charge in [-0.05, 0) is 30.3 Å². The summed E-state index contributed by atoms with van der Waals surface area (Å²) in [7, 11) is -2.58. The first-order valence-electron chi connectivity index (χ1n) is 6.60. The molecule has 0 aliphatic heterocycles. The predicted octanol–water partition coefficient (Wildman–Crippen LogP) is 2.27. The molecule has 1 amide bonds. The number of hydrogen-bond acceptors (Lipinski definition) is 4. The van der Waals surface area contributed by atoms with Crippen LogP contribution in [-0.2, 0) is 14.8 Å². The molecule has 0 fully saturated rings. The summed E-state index contributed by atoms with van der Waals surface area (Å²) in [5.41, 5.74) is 0.581. The van der Waals surface area contributed by atoms with Gasteiger partial charge in [-0.25, -0.2) is 13.1 Å². The normalized spacial score (nSPS) is 11.0. The molecule has 2 aromatic carbocycles. The maximum absolute atomic E-state index is 12.3. The quantitative estimate of drug-likeness (QED) is 0.833. The fourth-order valence-corrected chi connectivity index (χ4v) is 3.24. The van der Waals surface area contributed by atoms with E-state index in [-0.39, 0.29) is 15.7 Å². The molecule has 0 radical (unpaired) electrons. The van der Waals surface area contributed by atoms with Crippen molar-refractivity contribution in [3.8, 4) is 5.75 Å². The molecule has 122 valence electrons. The van der Waals surface area contributed by atoms with E-state index >= 15 is 0 Å². The van der Waals surface area contributed by atoms with Crippen LogP contribution in [-0.4, -0.2) is 28.0 Å². The summed E-state index contributed by atoms with van der Waals surface area (Å²) >= 11 is 5.82. The highest BCUT2D eigenvalue weighted by atomic mass is 35.5. The highest BCUT2D eigenvalue weighted by molar-refractivity contribution is 7.89. The van der Waals surface area contributed by atoms with Gasteiger partial charge in [-0.15, -0.1) is 0 Å². The van der Waals surface area contributed by atoms with Gasteiger partial charge in [0.25, 0.3) is 0 Å². The number of para-hydroxylation sites is 1. The molecule has 6 nitrogen and oxygen atoms in total. The van der Waals surface area contributed by atoms with Crippen LogP contribution in [0.15, 0.2) is 53.4 Å². The summed E-state index contributed by atoms with van der Waals surface area (Å²) in [6, 6.07) is 13.0. The summed E-state index contributed by atoms with van der Waals surface area (Å²) in [5.74, 6) is -0.342. The van der Waals surface area contributed by atoms with Crippen LogP contribution >= 0.6 is 11.6 Å². The molecule has 0 heterocycles. The van der Waals surface area contributed by atoms with Crippen molar-refractivity contribution in [3.05, 3.63) is 53.6 Å². The zero-order chi connectivity index (χ0) is 16.9. The first-order chi connectivity index (χ1) is 10.9. The molecule has 0 atom stereocenters. The molecule has 2 rings (SSSR count). The minimum Gasteiger partial charge on any atom is -0.495 e. The van der Waals surface area contributed by atoms with Crippen LogP contribution in [0.5, 0.6) is 5.75 Å². The Morgan fingerprint density at radius 1 is 1.17 bits per heavy atom. The fraction of sp³-hybridized carbons (Fsp3) is 0.133. The highest BCUT2D eigenvalue weighted by Gasteiger charge is 2.20. The van der Waals surface area contributed by atoms with Crippen molar-refractivity contribution in [2.75, 3.05) is 19.0 Å². The number of ether oxygens (including phenoxy) is 1. The van der Waals surface area contributed by atoms with Gasteiger partial charge in [0.1, 0.15) is 10.6 Å². The number of halogens is 1.